The third kappa shape index (κ3) is 4.89. The lowest BCUT2D eigenvalue weighted by Crippen LogP contribution is -2.47. The molecule has 0 bridgehead atoms. The second-order valence-electron chi connectivity index (χ2n) is 4.11. The molecule has 1 unspecified atom stereocenters. The fraction of sp³-hybridized carbons (Fsp3) is 0.900. The first-order valence-electron chi connectivity index (χ1n) is 5.76. The summed E-state index contributed by atoms with van der Waals surface area (Å²) in [5.74, 6) is -0.973. The molecule has 1 heterocycles. The van der Waals surface area contributed by atoms with Gasteiger partial charge in [-0.25, -0.2) is 8.42 Å². The lowest BCUT2D eigenvalue weighted by molar-refractivity contribution is -0.141. The van der Waals surface area contributed by atoms with Gasteiger partial charge in [0.2, 0.25) is 10.0 Å². The van der Waals surface area contributed by atoms with Crippen molar-refractivity contribution in [3.8, 4) is 0 Å². The SMILES string of the molecule is COCCCS(=O)(=O)N1CCOC(CC(=O)O)C1. The number of rotatable bonds is 7. The van der Waals surface area contributed by atoms with Gasteiger partial charge in [-0.15, -0.1) is 0 Å². The van der Waals surface area contributed by atoms with E-state index in [2.05, 4.69) is 0 Å². The molecule has 7 nitrogen and oxygen atoms in total. The van der Waals surface area contributed by atoms with Crippen molar-refractivity contribution < 1.29 is 27.8 Å². The van der Waals surface area contributed by atoms with Crippen LogP contribution in [0.5, 0.6) is 0 Å². The largest absolute Gasteiger partial charge is 0.481 e. The highest BCUT2D eigenvalue weighted by Gasteiger charge is 2.30. The summed E-state index contributed by atoms with van der Waals surface area (Å²) < 4.78 is 35.3. The van der Waals surface area contributed by atoms with E-state index in [1.807, 2.05) is 0 Å². The summed E-state index contributed by atoms with van der Waals surface area (Å²) in [6.07, 6.45) is -0.308. The van der Waals surface area contributed by atoms with Gasteiger partial charge in [0.25, 0.3) is 0 Å². The average molecular weight is 281 g/mol. The molecule has 1 aliphatic heterocycles. The number of hydrogen-bond acceptors (Lipinski definition) is 5. The van der Waals surface area contributed by atoms with Gasteiger partial charge in [-0.1, -0.05) is 0 Å². The number of carboxylic acid groups (broad SMARTS) is 1. The van der Waals surface area contributed by atoms with Gasteiger partial charge in [-0.05, 0) is 6.42 Å². The van der Waals surface area contributed by atoms with E-state index < -0.39 is 22.1 Å². The molecule has 0 aromatic heterocycles. The Hall–Kier alpha value is -0.700. The Bertz CT molecular complexity index is 369. The van der Waals surface area contributed by atoms with Gasteiger partial charge >= 0.3 is 5.97 Å². The Morgan fingerprint density at radius 2 is 2.28 bits per heavy atom. The van der Waals surface area contributed by atoms with Gasteiger partial charge in [0, 0.05) is 26.8 Å². The van der Waals surface area contributed by atoms with Crippen LogP contribution in [0, 0.1) is 0 Å². The van der Waals surface area contributed by atoms with Crippen molar-refractivity contribution >= 4 is 16.0 Å². The summed E-state index contributed by atoms with van der Waals surface area (Å²) in [5.41, 5.74) is 0. The van der Waals surface area contributed by atoms with Crippen molar-refractivity contribution in [2.45, 2.75) is 18.9 Å². The van der Waals surface area contributed by atoms with Crippen LogP contribution in [0.15, 0.2) is 0 Å². The minimum Gasteiger partial charge on any atom is -0.481 e. The van der Waals surface area contributed by atoms with Crippen LogP contribution in [-0.2, 0) is 24.3 Å². The normalized spacial score (nSPS) is 21.9. The Morgan fingerprint density at radius 1 is 1.56 bits per heavy atom. The molecule has 0 aromatic carbocycles. The summed E-state index contributed by atoms with van der Waals surface area (Å²) in [7, 11) is -1.83. The molecule has 1 saturated heterocycles. The molecule has 0 radical (unpaired) electrons. The predicted octanol–water partition coefficient (Wildman–Crippen LogP) is -0.472. The van der Waals surface area contributed by atoms with E-state index in [-0.39, 0.29) is 31.9 Å². The van der Waals surface area contributed by atoms with Crippen LogP contribution in [0.1, 0.15) is 12.8 Å². The van der Waals surface area contributed by atoms with Crippen LogP contribution in [-0.4, -0.2) is 69.1 Å². The molecular formula is C10H19NO6S. The maximum atomic E-state index is 12.0. The number of hydrogen-bond donors (Lipinski definition) is 1. The number of ether oxygens (including phenoxy) is 2. The number of aliphatic carboxylic acids is 1. The monoisotopic (exact) mass is 281 g/mol. The fourth-order valence-electron chi connectivity index (χ4n) is 1.78. The fourth-order valence-corrected chi connectivity index (χ4v) is 3.26. The molecule has 0 amide bonds. The Labute approximate surface area is 107 Å². The smallest absolute Gasteiger partial charge is 0.306 e. The van der Waals surface area contributed by atoms with E-state index in [9.17, 15) is 13.2 Å². The first-order valence-corrected chi connectivity index (χ1v) is 7.37. The number of nitrogens with zero attached hydrogens (tertiary/aromatic N) is 1. The zero-order chi connectivity index (χ0) is 13.6. The van der Waals surface area contributed by atoms with Crippen molar-refractivity contribution in [1.29, 1.82) is 0 Å². The Balaban J connectivity index is 2.51. The van der Waals surface area contributed by atoms with E-state index in [1.165, 1.54) is 11.4 Å². The molecular weight excluding hydrogens is 262 g/mol. The topological polar surface area (TPSA) is 93.1 Å². The summed E-state index contributed by atoms with van der Waals surface area (Å²) >= 11 is 0. The maximum absolute atomic E-state index is 12.0. The van der Waals surface area contributed by atoms with Crippen LogP contribution in [0.25, 0.3) is 0 Å². The molecule has 106 valence electrons. The Kier molecular flexibility index (Phi) is 6.00. The van der Waals surface area contributed by atoms with Crippen molar-refractivity contribution in [2.75, 3.05) is 39.2 Å². The van der Waals surface area contributed by atoms with E-state index >= 15 is 0 Å². The number of carboxylic acids is 1. The molecule has 1 atom stereocenters. The standard InChI is InChI=1S/C10H19NO6S/c1-16-4-2-6-18(14,15)11-3-5-17-9(8-11)7-10(12)13/h9H,2-8H2,1H3,(H,12,13). The quantitative estimate of drug-likeness (QED) is 0.634. The van der Waals surface area contributed by atoms with Crippen molar-refractivity contribution in [2.24, 2.45) is 0 Å². The molecule has 0 aromatic rings. The molecule has 0 spiro atoms. The molecule has 1 rings (SSSR count). The van der Waals surface area contributed by atoms with Crippen molar-refractivity contribution in [1.82, 2.24) is 4.31 Å². The first-order chi connectivity index (χ1) is 8.45. The molecule has 1 N–H and O–H groups in total. The summed E-state index contributed by atoms with van der Waals surface area (Å²) in [6, 6.07) is 0. The molecule has 18 heavy (non-hydrogen) atoms. The van der Waals surface area contributed by atoms with Crippen LogP contribution in [0.2, 0.25) is 0 Å². The molecule has 1 aliphatic rings. The number of morpholine rings is 1. The minimum absolute atomic E-state index is 0.0145. The van der Waals surface area contributed by atoms with Gasteiger partial charge in [0.1, 0.15) is 0 Å². The minimum atomic E-state index is -3.34. The highest BCUT2D eigenvalue weighted by atomic mass is 32.2. The summed E-state index contributed by atoms with van der Waals surface area (Å²) in [5, 5.41) is 8.66. The van der Waals surface area contributed by atoms with Gasteiger partial charge in [0.05, 0.1) is 24.9 Å². The predicted molar refractivity (Wildman–Crippen MR) is 63.8 cm³/mol. The second kappa shape index (κ2) is 7.03. The zero-order valence-corrected chi connectivity index (χ0v) is 11.2. The Morgan fingerprint density at radius 3 is 2.89 bits per heavy atom. The third-order valence-corrected chi connectivity index (χ3v) is 4.57. The lowest BCUT2D eigenvalue weighted by atomic mass is 10.2. The van der Waals surface area contributed by atoms with Crippen molar-refractivity contribution in [3.05, 3.63) is 0 Å². The van der Waals surface area contributed by atoms with Crippen molar-refractivity contribution in [3.63, 3.8) is 0 Å². The highest BCUT2D eigenvalue weighted by Crippen LogP contribution is 2.13. The van der Waals surface area contributed by atoms with E-state index in [0.29, 0.717) is 13.0 Å². The van der Waals surface area contributed by atoms with Gasteiger partial charge in [0.15, 0.2) is 0 Å². The summed E-state index contributed by atoms with van der Waals surface area (Å²) in [4.78, 5) is 10.6. The number of carbonyl (C=O) groups is 1. The van der Waals surface area contributed by atoms with E-state index in [1.54, 1.807) is 0 Å². The molecule has 8 heteroatoms. The van der Waals surface area contributed by atoms with E-state index in [0.717, 1.165) is 0 Å². The lowest BCUT2D eigenvalue weighted by Gasteiger charge is -2.31. The molecule has 0 saturated carbocycles. The molecule has 0 aliphatic carbocycles. The average Bonchev–Trinajstić information content (AvgIpc) is 2.28. The maximum Gasteiger partial charge on any atom is 0.306 e. The first kappa shape index (κ1) is 15.4. The summed E-state index contributed by atoms with van der Waals surface area (Å²) in [6.45, 7) is 1.02. The second-order valence-corrected chi connectivity index (χ2v) is 6.20. The van der Waals surface area contributed by atoms with Crippen LogP contribution in [0.3, 0.4) is 0 Å². The highest BCUT2D eigenvalue weighted by molar-refractivity contribution is 7.89. The van der Waals surface area contributed by atoms with E-state index in [4.69, 9.17) is 14.6 Å². The number of sulfonamides is 1. The molecule has 1 fully saturated rings. The van der Waals surface area contributed by atoms with Gasteiger partial charge < -0.3 is 14.6 Å². The van der Waals surface area contributed by atoms with Gasteiger partial charge in [-0.2, -0.15) is 4.31 Å². The number of methoxy groups -OCH3 is 1. The van der Waals surface area contributed by atoms with Crippen LogP contribution in [0.4, 0.5) is 0 Å². The van der Waals surface area contributed by atoms with Gasteiger partial charge in [-0.3, -0.25) is 4.79 Å². The third-order valence-electron chi connectivity index (χ3n) is 2.65. The van der Waals surface area contributed by atoms with Crippen LogP contribution >= 0.6 is 0 Å². The van der Waals surface area contributed by atoms with Crippen LogP contribution < -0.4 is 0 Å². The zero-order valence-electron chi connectivity index (χ0n) is 10.4.